The maximum atomic E-state index is 10.5. The number of allylic oxidation sites excluding steroid dienone is 4. The van der Waals surface area contributed by atoms with Crippen molar-refractivity contribution in [3.05, 3.63) is 35.8 Å². The topological polar surface area (TPSA) is 55.8 Å². The minimum atomic E-state index is -1.21. The number of hydrogen-bond donors (Lipinski definition) is 1. The summed E-state index contributed by atoms with van der Waals surface area (Å²) < 4.78 is 9.92. The van der Waals surface area contributed by atoms with E-state index in [1.807, 2.05) is 12.2 Å². The fourth-order valence-electron chi connectivity index (χ4n) is 1.17. The average Bonchev–Trinajstić information content (AvgIpc) is 2.17. The van der Waals surface area contributed by atoms with Gasteiger partial charge in [-0.3, -0.25) is 0 Å². The molecule has 1 atom stereocenters. The fraction of sp³-hybridized carbons (Fsp3) is 0.222. The first-order chi connectivity index (χ1) is 6.27. The van der Waals surface area contributed by atoms with Crippen LogP contribution >= 0.6 is 0 Å². The number of carboxylic acid groups (broad SMARTS) is 1. The number of hydrogen-bond acceptors (Lipinski definition) is 3. The zero-order valence-electron chi connectivity index (χ0n) is 6.77. The highest BCUT2D eigenvalue weighted by molar-refractivity contribution is 5.71. The van der Waals surface area contributed by atoms with Crippen LogP contribution in [-0.4, -0.2) is 17.4 Å². The molecule has 1 unspecified atom stereocenters. The molecule has 2 aliphatic rings. The highest BCUT2D eigenvalue weighted by Crippen LogP contribution is 2.26. The normalized spacial score (nSPS) is 24.8. The summed E-state index contributed by atoms with van der Waals surface area (Å²) in [6.07, 6.45) is 6.46. The lowest BCUT2D eigenvalue weighted by molar-refractivity contribution is -0.173. The van der Waals surface area contributed by atoms with Gasteiger partial charge in [-0.1, -0.05) is 12.2 Å². The maximum Gasteiger partial charge on any atom is 0.387 e. The molecule has 0 aromatic heterocycles. The minimum Gasteiger partial charge on any atom is -0.476 e. The molecule has 4 nitrogen and oxygen atoms in total. The third-order valence-corrected chi connectivity index (χ3v) is 1.81. The Morgan fingerprint density at radius 3 is 3.23 bits per heavy atom. The molecule has 0 saturated carbocycles. The first kappa shape index (κ1) is 7.91. The Labute approximate surface area is 74.8 Å². The fourth-order valence-corrected chi connectivity index (χ4v) is 1.17. The molecule has 13 heavy (non-hydrogen) atoms. The number of carbonyl (C=O) groups is 1. The minimum absolute atomic E-state index is 0.584. The van der Waals surface area contributed by atoms with Gasteiger partial charge in [-0.25, -0.2) is 4.79 Å². The Morgan fingerprint density at radius 1 is 1.62 bits per heavy atom. The predicted molar refractivity (Wildman–Crippen MR) is 43.5 cm³/mol. The lowest BCUT2D eigenvalue weighted by Crippen LogP contribution is -2.28. The summed E-state index contributed by atoms with van der Waals surface area (Å²) in [6.45, 7) is 0. The molecule has 0 spiro atoms. The van der Waals surface area contributed by atoms with Gasteiger partial charge in [0.2, 0.25) is 0 Å². The van der Waals surface area contributed by atoms with Crippen molar-refractivity contribution < 1.29 is 19.4 Å². The van der Waals surface area contributed by atoms with Crippen LogP contribution < -0.4 is 0 Å². The summed E-state index contributed by atoms with van der Waals surface area (Å²) in [4.78, 5) is 10.5. The van der Waals surface area contributed by atoms with Crippen LogP contribution in [-0.2, 0) is 14.3 Å². The van der Waals surface area contributed by atoms with E-state index in [4.69, 9.17) is 14.6 Å². The van der Waals surface area contributed by atoms with Gasteiger partial charge < -0.3 is 14.6 Å². The average molecular weight is 180 g/mol. The quantitative estimate of drug-likeness (QED) is 0.658. The molecule has 0 amide bonds. The Balaban J connectivity index is 2.21. The Hall–Kier alpha value is -1.71. The highest BCUT2D eigenvalue weighted by Gasteiger charge is 2.27. The van der Waals surface area contributed by atoms with Crippen LogP contribution in [0, 0.1) is 0 Å². The van der Waals surface area contributed by atoms with Crippen molar-refractivity contribution in [2.45, 2.75) is 12.7 Å². The zero-order valence-corrected chi connectivity index (χ0v) is 6.77. The Kier molecular flexibility index (Phi) is 1.81. The van der Waals surface area contributed by atoms with Gasteiger partial charge in [0.05, 0.1) is 6.26 Å². The second-order valence-electron chi connectivity index (χ2n) is 2.73. The van der Waals surface area contributed by atoms with Gasteiger partial charge >= 0.3 is 12.3 Å². The second-order valence-corrected chi connectivity index (χ2v) is 2.73. The van der Waals surface area contributed by atoms with E-state index in [9.17, 15) is 4.79 Å². The van der Waals surface area contributed by atoms with Crippen molar-refractivity contribution in [2.75, 3.05) is 0 Å². The number of carboxylic acids is 1. The largest absolute Gasteiger partial charge is 0.476 e. The van der Waals surface area contributed by atoms with Crippen molar-refractivity contribution in [3.63, 3.8) is 0 Å². The van der Waals surface area contributed by atoms with Crippen molar-refractivity contribution in [3.8, 4) is 0 Å². The van der Waals surface area contributed by atoms with Gasteiger partial charge in [0.1, 0.15) is 5.76 Å². The van der Waals surface area contributed by atoms with Crippen molar-refractivity contribution in [1.29, 1.82) is 0 Å². The van der Waals surface area contributed by atoms with E-state index in [0.29, 0.717) is 5.76 Å². The second kappa shape index (κ2) is 2.97. The molecule has 0 radical (unpaired) electrons. The molecule has 0 bridgehead atoms. The molecule has 0 fully saturated rings. The number of aliphatic carboxylic acids is 1. The zero-order chi connectivity index (χ0) is 9.26. The van der Waals surface area contributed by atoms with Gasteiger partial charge in [0.25, 0.3) is 0 Å². The molecular weight excluding hydrogens is 172 g/mol. The molecule has 1 aliphatic carbocycles. The van der Waals surface area contributed by atoms with Crippen LogP contribution in [0.5, 0.6) is 0 Å². The maximum absolute atomic E-state index is 10.5. The van der Waals surface area contributed by atoms with E-state index in [2.05, 4.69) is 0 Å². The molecule has 0 aromatic rings. The van der Waals surface area contributed by atoms with Crippen molar-refractivity contribution >= 4 is 5.97 Å². The lowest BCUT2D eigenvalue weighted by atomic mass is 10.1. The molecule has 4 heteroatoms. The van der Waals surface area contributed by atoms with E-state index >= 15 is 0 Å². The highest BCUT2D eigenvalue weighted by atomic mass is 16.7. The molecule has 1 N–H and O–H groups in total. The van der Waals surface area contributed by atoms with E-state index in [1.165, 1.54) is 6.26 Å². The number of fused-ring (bicyclic) bond motifs is 1. The van der Waals surface area contributed by atoms with E-state index in [-0.39, 0.29) is 0 Å². The first-order valence-corrected chi connectivity index (χ1v) is 3.88. The molecule has 1 heterocycles. The van der Waals surface area contributed by atoms with Crippen LogP contribution in [0.25, 0.3) is 0 Å². The van der Waals surface area contributed by atoms with E-state index in [0.717, 1.165) is 12.0 Å². The summed E-state index contributed by atoms with van der Waals surface area (Å²) in [5.74, 6) is -0.535. The first-order valence-electron chi connectivity index (χ1n) is 3.88. The van der Waals surface area contributed by atoms with E-state index in [1.54, 1.807) is 6.08 Å². The van der Waals surface area contributed by atoms with E-state index < -0.39 is 12.3 Å². The van der Waals surface area contributed by atoms with Gasteiger partial charge in [-0.05, 0) is 12.5 Å². The molecule has 0 aromatic carbocycles. The molecule has 68 valence electrons. The third-order valence-electron chi connectivity index (χ3n) is 1.81. The van der Waals surface area contributed by atoms with Crippen LogP contribution in [0.1, 0.15) is 6.42 Å². The van der Waals surface area contributed by atoms with Crippen LogP contribution in [0.4, 0.5) is 0 Å². The van der Waals surface area contributed by atoms with Crippen LogP contribution in [0.3, 0.4) is 0 Å². The lowest BCUT2D eigenvalue weighted by Gasteiger charge is -2.24. The summed E-state index contributed by atoms with van der Waals surface area (Å²) in [6, 6.07) is 0. The summed E-state index contributed by atoms with van der Waals surface area (Å²) in [5.41, 5.74) is 0.875. The van der Waals surface area contributed by atoms with Gasteiger partial charge in [-0.2, -0.15) is 0 Å². The van der Waals surface area contributed by atoms with Crippen LogP contribution in [0.15, 0.2) is 35.8 Å². The standard InChI is InChI=1S/C9H8O4/c10-8(11)9-12-5-6-3-1-2-4-7(6)13-9/h1-2,4-5,9H,3H2,(H,10,11). The van der Waals surface area contributed by atoms with Crippen molar-refractivity contribution in [1.82, 2.24) is 0 Å². The molecule has 2 rings (SSSR count). The predicted octanol–water partition coefficient (Wildman–Crippen LogP) is 1.17. The Bertz CT molecular complexity index is 325. The molecule has 0 saturated heterocycles. The van der Waals surface area contributed by atoms with Crippen molar-refractivity contribution in [2.24, 2.45) is 0 Å². The van der Waals surface area contributed by atoms with Gasteiger partial charge in [0.15, 0.2) is 0 Å². The summed E-state index contributed by atoms with van der Waals surface area (Å²) in [7, 11) is 0. The van der Waals surface area contributed by atoms with Gasteiger partial charge in [0, 0.05) is 5.57 Å². The molecule has 1 aliphatic heterocycles. The summed E-state index contributed by atoms with van der Waals surface area (Å²) >= 11 is 0. The SMILES string of the molecule is O=C(O)C1OC=C2CC=CC=C2O1. The summed E-state index contributed by atoms with van der Waals surface area (Å²) in [5, 5.41) is 8.60. The monoisotopic (exact) mass is 180 g/mol. The van der Waals surface area contributed by atoms with Gasteiger partial charge in [-0.15, -0.1) is 0 Å². The number of rotatable bonds is 1. The molecular formula is C9H8O4. The van der Waals surface area contributed by atoms with Crippen LogP contribution in [0.2, 0.25) is 0 Å². The smallest absolute Gasteiger partial charge is 0.387 e. The third kappa shape index (κ3) is 1.42. The Morgan fingerprint density at radius 2 is 2.46 bits per heavy atom. The number of ether oxygens (including phenoxy) is 2.